The van der Waals surface area contributed by atoms with Crippen LogP contribution in [0.5, 0.6) is 0 Å². The molecule has 4 nitrogen and oxygen atoms in total. The molecule has 1 fully saturated rings. The zero-order valence-electron chi connectivity index (χ0n) is 11.9. The number of nitrogens with two attached hydrogens (primary N) is 1. The third-order valence-electron chi connectivity index (χ3n) is 4.26. The van der Waals surface area contributed by atoms with Gasteiger partial charge in [-0.05, 0) is 36.5 Å². The van der Waals surface area contributed by atoms with Crippen molar-refractivity contribution >= 4 is 0 Å². The van der Waals surface area contributed by atoms with E-state index < -0.39 is 0 Å². The van der Waals surface area contributed by atoms with Crippen LogP contribution in [-0.2, 0) is 6.54 Å². The van der Waals surface area contributed by atoms with Crippen LogP contribution >= 0.6 is 0 Å². The van der Waals surface area contributed by atoms with Gasteiger partial charge in [0.25, 0.3) is 5.89 Å². The molecule has 0 aliphatic heterocycles. The van der Waals surface area contributed by atoms with Crippen LogP contribution in [0.3, 0.4) is 0 Å². The van der Waals surface area contributed by atoms with Gasteiger partial charge in [-0.25, -0.2) is 0 Å². The Kier molecular flexibility index (Phi) is 3.83. The van der Waals surface area contributed by atoms with E-state index in [0.717, 1.165) is 22.9 Å². The number of aromatic nitrogens is 2. The molecule has 1 aliphatic rings. The van der Waals surface area contributed by atoms with E-state index in [2.05, 4.69) is 17.1 Å². The Morgan fingerprint density at radius 3 is 2.50 bits per heavy atom. The summed E-state index contributed by atoms with van der Waals surface area (Å²) in [4.78, 5) is 4.58. The van der Waals surface area contributed by atoms with E-state index in [-0.39, 0.29) is 0 Å². The van der Waals surface area contributed by atoms with Crippen molar-refractivity contribution in [3.8, 4) is 11.5 Å². The van der Waals surface area contributed by atoms with Crippen LogP contribution < -0.4 is 5.73 Å². The lowest BCUT2D eigenvalue weighted by Crippen LogP contribution is -2.11. The number of hydrogen-bond donors (Lipinski definition) is 1. The number of benzene rings is 1. The normalized spacial score (nSPS) is 22.9. The van der Waals surface area contributed by atoms with Crippen LogP contribution in [0, 0.1) is 5.92 Å². The van der Waals surface area contributed by atoms with E-state index in [1.165, 1.54) is 25.7 Å². The van der Waals surface area contributed by atoms with E-state index in [1.54, 1.807) is 0 Å². The molecule has 0 radical (unpaired) electrons. The highest BCUT2D eigenvalue weighted by Crippen LogP contribution is 2.34. The minimum Gasteiger partial charge on any atom is -0.334 e. The van der Waals surface area contributed by atoms with Gasteiger partial charge in [-0.2, -0.15) is 4.98 Å². The maximum absolute atomic E-state index is 5.60. The van der Waals surface area contributed by atoms with E-state index in [0.29, 0.717) is 18.4 Å². The molecule has 2 aromatic rings. The lowest BCUT2D eigenvalue weighted by atomic mass is 9.83. The smallest absolute Gasteiger partial charge is 0.257 e. The second-order valence-corrected chi connectivity index (χ2v) is 5.82. The molecule has 1 aromatic carbocycles. The quantitative estimate of drug-likeness (QED) is 0.928. The zero-order valence-corrected chi connectivity index (χ0v) is 11.9. The third kappa shape index (κ3) is 2.75. The molecule has 0 spiro atoms. The van der Waals surface area contributed by atoms with Crippen LogP contribution in [0.1, 0.15) is 49.9 Å². The molecule has 1 aliphatic carbocycles. The highest BCUT2D eigenvalue weighted by atomic mass is 16.5. The van der Waals surface area contributed by atoms with Crippen molar-refractivity contribution in [2.75, 3.05) is 0 Å². The molecular weight excluding hydrogens is 250 g/mol. The van der Waals surface area contributed by atoms with Gasteiger partial charge in [0, 0.05) is 18.0 Å². The average molecular weight is 271 g/mol. The van der Waals surface area contributed by atoms with Crippen molar-refractivity contribution in [2.45, 2.75) is 45.1 Å². The molecule has 0 saturated heterocycles. The first-order valence-electron chi connectivity index (χ1n) is 7.39. The molecular formula is C16H21N3O. The van der Waals surface area contributed by atoms with E-state index in [9.17, 15) is 0 Å². The van der Waals surface area contributed by atoms with Gasteiger partial charge in [-0.3, -0.25) is 0 Å². The predicted octanol–water partition coefficient (Wildman–Crippen LogP) is 3.49. The lowest BCUT2D eigenvalue weighted by Gasteiger charge is -2.23. The minimum absolute atomic E-state index is 0.465. The first-order valence-corrected chi connectivity index (χ1v) is 7.39. The van der Waals surface area contributed by atoms with E-state index >= 15 is 0 Å². The Bertz CT molecular complexity index is 553. The summed E-state index contributed by atoms with van der Waals surface area (Å²) in [5.74, 6) is 2.78. The fraction of sp³-hybridized carbons (Fsp3) is 0.500. The van der Waals surface area contributed by atoms with Crippen molar-refractivity contribution in [3.05, 3.63) is 35.7 Å². The molecule has 3 rings (SSSR count). The Balaban J connectivity index is 1.75. The predicted molar refractivity (Wildman–Crippen MR) is 78.0 cm³/mol. The summed E-state index contributed by atoms with van der Waals surface area (Å²) in [6, 6.07) is 7.98. The maximum atomic E-state index is 5.60. The fourth-order valence-corrected chi connectivity index (χ4v) is 2.82. The second-order valence-electron chi connectivity index (χ2n) is 5.82. The van der Waals surface area contributed by atoms with Gasteiger partial charge in [-0.15, -0.1) is 0 Å². The Hall–Kier alpha value is -1.68. The molecule has 0 atom stereocenters. The first kappa shape index (κ1) is 13.3. The fourth-order valence-electron chi connectivity index (χ4n) is 2.82. The van der Waals surface area contributed by atoms with Gasteiger partial charge in [0.2, 0.25) is 0 Å². The molecule has 0 unspecified atom stereocenters. The van der Waals surface area contributed by atoms with Crippen molar-refractivity contribution in [3.63, 3.8) is 0 Å². The second kappa shape index (κ2) is 5.75. The van der Waals surface area contributed by atoms with Gasteiger partial charge in [0.05, 0.1) is 0 Å². The van der Waals surface area contributed by atoms with Gasteiger partial charge in [0.15, 0.2) is 5.82 Å². The Morgan fingerprint density at radius 1 is 1.15 bits per heavy atom. The molecule has 0 amide bonds. The third-order valence-corrected chi connectivity index (χ3v) is 4.26. The monoisotopic (exact) mass is 271 g/mol. The number of rotatable bonds is 3. The van der Waals surface area contributed by atoms with Crippen LogP contribution in [-0.4, -0.2) is 10.1 Å². The molecule has 20 heavy (non-hydrogen) atoms. The molecule has 0 bridgehead atoms. The van der Waals surface area contributed by atoms with E-state index in [4.69, 9.17) is 10.3 Å². The van der Waals surface area contributed by atoms with Gasteiger partial charge >= 0.3 is 0 Å². The summed E-state index contributed by atoms with van der Waals surface area (Å²) in [5, 5.41) is 4.17. The largest absolute Gasteiger partial charge is 0.334 e. The highest BCUT2D eigenvalue weighted by molar-refractivity contribution is 5.53. The topological polar surface area (TPSA) is 64.9 Å². The van der Waals surface area contributed by atoms with Crippen LogP contribution in [0.2, 0.25) is 0 Å². The van der Waals surface area contributed by atoms with Crippen LogP contribution in [0.4, 0.5) is 0 Å². The highest BCUT2D eigenvalue weighted by Gasteiger charge is 2.24. The Morgan fingerprint density at radius 2 is 1.85 bits per heavy atom. The summed E-state index contributed by atoms with van der Waals surface area (Å²) >= 11 is 0. The average Bonchev–Trinajstić information content (AvgIpc) is 2.98. The summed E-state index contributed by atoms with van der Waals surface area (Å²) in [7, 11) is 0. The van der Waals surface area contributed by atoms with Crippen molar-refractivity contribution in [1.29, 1.82) is 0 Å². The first-order chi connectivity index (χ1) is 9.76. The van der Waals surface area contributed by atoms with E-state index in [1.807, 2.05) is 24.3 Å². The Labute approximate surface area is 119 Å². The number of nitrogens with zero attached hydrogens (tertiary/aromatic N) is 2. The lowest BCUT2D eigenvalue weighted by molar-refractivity contribution is 0.329. The molecule has 1 heterocycles. The zero-order chi connectivity index (χ0) is 13.9. The van der Waals surface area contributed by atoms with Gasteiger partial charge in [-0.1, -0.05) is 37.1 Å². The van der Waals surface area contributed by atoms with Crippen LogP contribution in [0.15, 0.2) is 28.8 Å². The maximum Gasteiger partial charge on any atom is 0.257 e. The number of hydrogen-bond acceptors (Lipinski definition) is 4. The molecule has 1 saturated carbocycles. The standard InChI is InChI=1S/C16H21N3O/c1-11-2-6-13(7-3-11)15-18-16(20-19-15)14-8-4-12(10-17)5-9-14/h4-5,8-9,11,13H,2-3,6-7,10,17H2,1H3. The molecule has 1 aromatic heterocycles. The van der Waals surface area contributed by atoms with Gasteiger partial charge < -0.3 is 10.3 Å². The molecule has 106 valence electrons. The van der Waals surface area contributed by atoms with Crippen molar-refractivity contribution < 1.29 is 4.52 Å². The van der Waals surface area contributed by atoms with Crippen molar-refractivity contribution in [1.82, 2.24) is 10.1 Å². The SMILES string of the molecule is CC1CCC(c2noc(-c3ccc(CN)cc3)n2)CC1. The molecule has 4 heteroatoms. The minimum atomic E-state index is 0.465. The van der Waals surface area contributed by atoms with Gasteiger partial charge in [0.1, 0.15) is 0 Å². The summed E-state index contributed by atoms with van der Waals surface area (Å²) in [6.07, 6.45) is 4.87. The summed E-state index contributed by atoms with van der Waals surface area (Å²) in [6.45, 7) is 2.87. The summed E-state index contributed by atoms with van der Waals surface area (Å²) < 4.78 is 5.41. The van der Waals surface area contributed by atoms with Crippen molar-refractivity contribution in [2.24, 2.45) is 11.7 Å². The summed E-state index contributed by atoms with van der Waals surface area (Å²) in [5.41, 5.74) is 7.67. The molecule has 2 N–H and O–H groups in total. The van der Waals surface area contributed by atoms with Crippen LogP contribution in [0.25, 0.3) is 11.5 Å².